The molecule has 128 valence electrons. The zero-order valence-corrected chi connectivity index (χ0v) is 14.0. The highest BCUT2D eigenvalue weighted by Crippen LogP contribution is 2.28. The molecule has 0 spiro atoms. The van der Waals surface area contributed by atoms with Gasteiger partial charge in [-0.1, -0.05) is 0 Å². The van der Waals surface area contributed by atoms with Gasteiger partial charge in [0.1, 0.15) is 11.4 Å². The number of hydrogen-bond acceptors (Lipinski definition) is 4. The first-order chi connectivity index (χ1) is 11.2. The first-order valence-corrected chi connectivity index (χ1v) is 7.94. The number of carboxylic acids is 1. The molecule has 1 fully saturated rings. The number of imidazole rings is 1. The molecule has 7 heteroatoms. The molecule has 1 aliphatic rings. The number of amides is 1. The van der Waals surface area contributed by atoms with Crippen molar-refractivity contribution in [2.24, 2.45) is 0 Å². The molecule has 1 atom stereocenters. The maximum absolute atomic E-state index is 12.1. The summed E-state index contributed by atoms with van der Waals surface area (Å²) >= 11 is 0. The van der Waals surface area contributed by atoms with E-state index < -0.39 is 11.6 Å². The quantitative estimate of drug-likeness (QED) is 0.882. The van der Waals surface area contributed by atoms with E-state index in [0.29, 0.717) is 18.6 Å². The van der Waals surface area contributed by atoms with Crippen LogP contribution in [-0.2, 0) is 4.74 Å². The Balaban J connectivity index is 1.75. The summed E-state index contributed by atoms with van der Waals surface area (Å²) in [5, 5.41) is 9.06. The van der Waals surface area contributed by atoms with Crippen molar-refractivity contribution in [3.8, 4) is 0 Å². The number of carboxylic acid groups (broad SMARTS) is 1. The van der Waals surface area contributed by atoms with E-state index in [1.807, 2.05) is 20.8 Å². The van der Waals surface area contributed by atoms with E-state index in [1.54, 1.807) is 17.0 Å². The molecule has 24 heavy (non-hydrogen) atoms. The Hall–Kier alpha value is -2.57. The van der Waals surface area contributed by atoms with E-state index in [4.69, 9.17) is 9.84 Å². The van der Waals surface area contributed by atoms with Gasteiger partial charge in [0.05, 0.1) is 16.6 Å². The minimum absolute atomic E-state index is 0.0956. The van der Waals surface area contributed by atoms with Gasteiger partial charge >= 0.3 is 12.1 Å². The van der Waals surface area contributed by atoms with E-state index >= 15 is 0 Å². The van der Waals surface area contributed by atoms with Crippen molar-refractivity contribution in [2.75, 3.05) is 13.1 Å². The molecule has 2 heterocycles. The topological polar surface area (TPSA) is 95.5 Å². The van der Waals surface area contributed by atoms with E-state index in [9.17, 15) is 9.59 Å². The Bertz CT molecular complexity index is 791. The van der Waals surface area contributed by atoms with Crippen LogP contribution in [0.25, 0.3) is 11.0 Å². The van der Waals surface area contributed by atoms with Crippen LogP contribution in [0, 0.1) is 0 Å². The summed E-state index contributed by atoms with van der Waals surface area (Å²) in [4.78, 5) is 32.6. The van der Waals surface area contributed by atoms with Gasteiger partial charge in [-0.25, -0.2) is 14.6 Å². The molecule has 1 amide bonds. The molecule has 1 aromatic heterocycles. The highest BCUT2D eigenvalue weighted by Gasteiger charge is 2.32. The van der Waals surface area contributed by atoms with Crippen molar-refractivity contribution in [2.45, 2.75) is 38.7 Å². The highest BCUT2D eigenvalue weighted by atomic mass is 16.6. The Kier molecular flexibility index (Phi) is 3.95. The fourth-order valence-electron chi connectivity index (χ4n) is 2.83. The predicted molar refractivity (Wildman–Crippen MR) is 88.2 cm³/mol. The second kappa shape index (κ2) is 5.81. The molecular formula is C17H21N3O4. The lowest BCUT2D eigenvalue weighted by atomic mass is 10.1. The maximum atomic E-state index is 12.1. The number of rotatable bonds is 2. The van der Waals surface area contributed by atoms with Gasteiger partial charge in [0, 0.05) is 19.0 Å². The van der Waals surface area contributed by atoms with Gasteiger partial charge in [0.15, 0.2) is 0 Å². The van der Waals surface area contributed by atoms with Crippen LogP contribution in [0.3, 0.4) is 0 Å². The number of ether oxygens (including phenoxy) is 1. The summed E-state index contributed by atoms with van der Waals surface area (Å²) in [6, 6.07) is 4.81. The first kappa shape index (κ1) is 16.3. The number of nitrogens with one attached hydrogen (secondary N) is 1. The van der Waals surface area contributed by atoms with Gasteiger partial charge in [-0.05, 0) is 45.4 Å². The fourth-order valence-corrected chi connectivity index (χ4v) is 2.83. The number of carbonyl (C=O) groups is 2. The van der Waals surface area contributed by atoms with Crippen molar-refractivity contribution < 1.29 is 19.4 Å². The van der Waals surface area contributed by atoms with Crippen molar-refractivity contribution >= 4 is 23.1 Å². The van der Waals surface area contributed by atoms with E-state index in [0.717, 1.165) is 17.8 Å². The molecule has 1 aromatic carbocycles. The highest BCUT2D eigenvalue weighted by molar-refractivity contribution is 5.92. The molecule has 0 aliphatic carbocycles. The van der Waals surface area contributed by atoms with Crippen LogP contribution in [0.5, 0.6) is 0 Å². The summed E-state index contributed by atoms with van der Waals surface area (Å²) in [6.45, 7) is 6.70. The number of aromatic amines is 1. The second-order valence-corrected chi connectivity index (χ2v) is 7.07. The van der Waals surface area contributed by atoms with Crippen LogP contribution < -0.4 is 0 Å². The van der Waals surface area contributed by atoms with Gasteiger partial charge in [-0.2, -0.15) is 0 Å². The van der Waals surface area contributed by atoms with Crippen LogP contribution in [0.15, 0.2) is 18.2 Å². The van der Waals surface area contributed by atoms with E-state index in [2.05, 4.69) is 9.97 Å². The smallest absolute Gasteiger partial charge is 0.410 e. The molecule has 0 bridgehead atoms. The summed E-state index contributed by atoms with van der Waals surface area (Å²) in [7, 11) is 0. The van der Waals surface area contributed by atoms with Crippen LogP contribution in [0.4, 0.5) is 4.79 Å². The van der Waals surface area contributed by atoms with Gasteiger partial charge in [0.25, 0.3) is 0 Å². The molecule has 1 unspecified atom stereocenters. The molecular weight excluding hydrogens is 310 g/mol. The Morgan fingerprint density at radius 3 is 2.79 bits per heavy atom. The largest absolute Gasteiger partial charge is 0.478 e. The SMILES string of the molecule is CC(C)(C)OC(=O)N1CCC(c2nc3ccc(C(=O)O)cc3[nH]2)C1. The van der Waals surface area contributed by atoms with Crippen LogP contribution in [-0.4, -0.2) is 50.7 Å². The summed E-state index contributed by atoms with van der Waals surface area (Å²) < 4.78 is 5.40. The van der Waals surface area contributed by atoms with Crippen LogP contribution in [0.2, 0.25) is 0 Å². The Labute approximate surface area is 139 Å². The van der Waals surface area contributed by atoms with Gasteiger partial charge in [-0.15, -0.1) is 0 Å². The third-order valence-corrected chi connectivity index (χ3v) is 3.97. The zero-order valence-electron chi connectivity index (χ0n) is 14.0. The Morgan fingerprint density at radius 2 is 2.12 bits per heavy atom. The summed E-state index contributed by atoms with van der Waals surface area (Å²) in [6.07, 6.45) is 0.486. The van der Waals surface area contributed by atoms with Crippen molar-refractivity contribution in [1.29, 1.82) is 0 Å². The second-order valence-electron chi connectivity index (χ2n) is 7.07. The third kappa shape index (κ3) is 3.34. The van der Waals surface area contributed by atoms with Gasteiger partial charge in [-0.3, -0.25) is 0 Å². The number of aromatic carboxylic acids is 1. The van der Waals surface area contributed by atoms with Crippen molar-refractivity contribution in [1.82, 2.24) is 14.9 Å². The van der Waals surface area contributed by atoms with E-state index in [1.165, 1.54) is 6.07 Å². The number of aromatic nitrogens is 2. The van der Waals surface area contributed by atoms with Crippen LogP contribution >= 0.6 is 0 Å². The average molecular weight is 331 g/mol. The van der Waals surface area contributed by atoms with Crippen molar-refractivity contribution in [3.05, 3.63) is 29.6 Å². The van der Waals surface area contributed by atoms with Crippen LogP contribution in [0.1, 0.15) is 49.3 Å². The molecule has 2 aromatic rings. The zero-order chi connectivity index (χ0) is 17.5. The summed E-state index contributed by atoms with van der Waals surface area (Å²) in [5.41, 5.74) is 1.13. The monoisotopic (exact) mass is 331 g/mol. The standard InChI is InChI=1S/C17H21N3O4/c1-17(2,3)24-16(23)20-7-6-11(9-20)14-18-12-5-4-10(15(21)22)8-13(12)19-14/h4-5,8,11H,6-7,9H2,1-3H3,(H,18,19)(H,21,22). The molecule has 0 saturated carbocycles. The molecule has 7 nitrogen and oxygen atoms in total. The Morgan fingerprint density at radius 1 is 1.38 bits per heavy atom. The van der Waals surface area contributed by atoms with Gasteiger partial charge < -0.3 is 19.7 Å². The lowest BCUT2D eigenvalue weighted by Gasteiger charge is -2.24. The van der Waals surface area contributed by atoms with Crippen molar-refractivity contribution in [3.63, 3.8) is 0 Å². The normalized spacial score (nSPS) is 18.1. The number of nitrogens with zero attached hydrogens (tertiary/aromatic N) is 2. The summed E-state index contributed by atoms with van der Waals surface area (Å²) in [5.74, 6) is -0.0955. The number of fused-ring (bicyclic) bond motifs is 1. The minimum atomic E-state index is -0.968. The van der Waals surface area contributed by atoms with E-state index in [-0.39, 0.29) is 17.6 Å². The first-order valence-electron chi connectivity index (χ1n) is 7.94. The molecule has 1 saturated heterocycles. The van der Waals surface area contributed by atoms with Gasteiger partial charge in [0.2, 0.25) is 0 Å². The minimum Gasteiger partial charge on any atom is -0.478 e. The number of H-pyrrole nitrogens is 1. The number of hydrogen-bond donors (Lipinski definition) is 2. The predicted octanol–water partition coefficient (Wildman–Crippen LogP) is 2.99. The lowest BCUT2D eigenvalue weighted by Crippen LogP contribution is -2.35. The molecule has 2 N–H and O–H groups in total. The fraction of sp³-hybridized carbons (Fsp3) is 0.471. The number of likely N-dealkylation sites (tertiary alicyclic amines) is 1. The maximum Gasteiger partial charge on any atom is 0.410 e. The number of carbonyl (C=O) groups excluding carboxylic acids is 1. The molecule has 1 aliphatic heterocycles. The molecule has 0 radical (unpaired) electrons. The lowest BCUT2D eigenvalue weighted by molar-refractivity contribution is 0.0292. The molecule has 3 rings (SSSR count). The average Bonchev–Trinajstić information content (AvgIpc) is 3.11. The third-order valence-electron chi connectivity index (χ3n) is 3.97. The number of benzene rings is 1.